The monoisotopic (exact) mass is 219 g/mol. The van der Waals surface area contributed by atoms with Gasteiger partial charge in [0.05, 0.1) is 12.2 Å². The van der Waals surface area contributed by atoms with E-state index in [4.69, 9.17) is 10.5 Å². The molecular weight excluding hydrogens is 207 g/mol. The van der Waals surface area contributed by atoms with Crippen molar-refractivity contribution < 1.29 is 17.9 Å². The van der Waals surface area contributed by atoms with Gasteiger partial charge in [0.2, 0.25) is 0 Å². The van der Waals surface area contributed by atoms with E-state index in [9.17, 15) is 13.2 Å². The van der Waals surface area contributed by atoms with Gasteiger partial charge in [0.25, 0.3) is 0 Å². The van der Waals surface area contributed by atoms with E-state index in [1.807, 2.05) is 0 Å². The fraction of sp³-hybridized carbons (Fsp3) is 0.400. The van der Waals surface area contributed by atoms with E-state index in [0.717, 1.165) is 6.07 Å². The summed E-state index contributed by atoms with van der Waals surface area (Å²) in [6, 6.07) is 3.70. The molecule has 0 atom stereocenters. The summed E-state index contributed by atoms with van der Waals surface area (Å²) < 4.78 is 42.6. The fourth-order valence-electron chi connectivity index (χ4n) is 1.20. The van der Waals surface area contributed by atoms with Crippen molar-refractivity contribution in [2.75, 3.05) is 12.3 Å². The molecule has 0 aromatic heterocycles. The number of benzene rings is 1. The minimum atomic E-state index is -4.39. The van der Waals surface area contributed by atoms with Crippen LogP contribution in [0.5, 0.6) is 0 Å². The highest BCUT2D eigenvalue weighted by Gasteiger charge is 2.33. The van der Waals surface area contributed by atoms with E-state index in [2.05, 4.69) is 0 Å². The van der Waals surface area contributed by atoms with Crippen LogP contribution in [0.3, 0.4) is 0 Å². The van der Waals surface area contributed by atoms with Crippen molar-refractivity contribution in [1.82, 2.24) is 0 Å². The molecule has 0 amide bonds. The molecule has 84 valence electrons. The summed E-state index contributed by atoms with van der Waals surface area (Å²) in [5.74, 6) is 0. The maximum Gasteiger partial charge on any atom is 0.416 e. The zero-order chi connectivity index (χ0) is 11.5. The van der Waals surface area contributed by atoms with Gasteiger partial charge in [-0.2, -0.15) is 13.2 Å². The van der Waals surface area contributed by atoms with Crippen molar-refractivity contribution in [1.29, 1.82) is 0 Å². The predicted molar refractivity (Wildman–Crippen MR) is 51.2 cm³/mol. The van der Waals surface area contributed by atoms with Gasteiger partial charge in [-0.25, -0.2) is 0 Å². The van der Waals surface area contributed by atoms with Crippen LogP contribution in [0.25, 0.3) is 0 Å². The maximum atomic E-state index is 12.5. The molecule has 0 spiro atoms. The molecule has 2 N–H and O–H groups in total. The van der Waals surface area contributed by atoms with Crippen molar-refractivity contribution in [2.24, 2.45) is 0 Å². The standard InChI is InChI=1S/C10H12F3NO/c1-2-15-6-7-3-4-8(14)5-9(7)10(11,12)13/h3-5H,2,6,14H2,1H3. The number of hydrogen-bond donors (Lipinski definition) is 1. The Morgan fingerprint density at radius 2 is 2.00 bits per heavy atom. The second-order valence-corrected chi connectivity index (χ2v) is 3.05. The average Bonchev–Trinajstić information content (AvgIpc) is 2.14. The van der Waals surface area contributed by atoms with Crippen LogP contribution in [-0.2, 0) is 17.5 Å². The predicted octanol–water partition coefficient (Wildman–Crippen LogP) is 2.82. The Kier molecular flexibility index (Phi) is 3.57. The molecule has 1 rings (SSSR count). The summed E-state index contributed by atoms with van der Waals surface area (Å²) in [5, 5.41) is 0. The zero-order valence-electron chi connectivity index (χ0n) is 8.27. The summed E-state index contributed by atoms with van der Waals surface area (Å²) in [6.07, 6.45) is -4.39. The van der Waals surface area contributed by atoms with Crippen molar-refractivity contribution in [3.63, 3.8) is 0 Å². The van der Waals surface area contributed by atoms with Crippen LogP contribution in [0.1, 0.15) is 18.1 Å². The quantitative estimate of drug-likeness (QED) is 0.793. The Hall–Kier alpha value is -1.23. The molecule has 0 heterocycles. The fourth-order valence-corrected chi connectivity index (χ4v) is 1.20. The first kappa shape index (κ1) is 11.8. The van der Waals surface area contributed by atoms with Crippen LogP contribution in [0.15, 0.2) is 18.2 Å². The van der Waals surface area contributed by atoms with Crippen LogP contribution in [0.2, 0.25) is 0 Å². The molecular formula is C10H12F3NO. The van der Waals surface area contributed by atoms with Crippen molar-refractivity contribution in [2.45, 2.75) is 19.7 Å². The van der Waals surface area contributed by atoms with E-state index in [1.54, 1.807) is 6.92 Å². The van der Waals surface area contributed by atoms with Gasteiger partial charge in [0.15, 0.2) is 0 Å². The maximum absolute atomic E-state index is 12.5. The van der Waals surface area contributed by atoms with Gasteiger partial charge in [-0.3, -0.25) is 0 Å². The molecule has 1 aromatic carbocycles. The molecule has 0 radical (unpaired) electrons. The van der Waals surface area contributed by atoms with Crippen molar-refractivity contribution in [3.8, 4) is 0 Å². The summed E-state index contributed by atoms with van der Waals surface area (Å²) >= 11 is 0. The van der Waals surface area contributed by atoms with E-state index in [-0.39, 0.29) is 17.9 Å². The molecule has 0 aliphatic heterocycles. The number of nitrogen functional groups attached to an aromatic ring is 1. The topological polar surface area (TPSA) is 35.2 Å². The van der Waals surface area contributed by atoms with Crippen LogP contribution >= 0.6 is 0 Å². The third-order valence-corrected chi connectivity index (χ3v) is 1.90. The third-order valence-electron chi connectivity index (χ3n) is 1.90. The summed E-state index contributed by atoms with van der Waals surface area (Å²) in [4.78, 5) is 0. The highest BCUT2D eigenvalue weighted by molar-refractivity contribution is 5.45. The van der Waals surface area contributed by atoms with Crippen molar-refractivity contribution >= 4 is 5.69 Å². The van der Waals surface area contributed by atoms with Crippen LogP contribution in [-0.4, -0.2) is 6.61 Å². The van der Waals surface area contributed by atoms with Crippen molar-refractivity contribution in [3.05, 3.63) is 29.3 Å². The molecule has 0 aliphatic rings. The van der Waals surface area contributed by atoms with Gasteiger partial charge in [-0.05, 0) is 24.6 Å². The average molecular weight is 219 g/mol. The van der Waals surface area contributed by atoms with Gasteiger partial charge < -0.3 is 10.5 Å². The van der Waals surface area contributed by atoms with E-state index < -0.39 is 11.7 Å². The largest absolute Gasteiger partial charge is 0.416 e. The second kappa shape index (κ2) is 4.53. The van der Waals surface area contributed by atoms with Crippen LogP contribution in [0.4, 0.5) is 18.9 Å². The summed E-state index contributed by atoms with van der Waals surface area (Å²) in [5.41, 5.74) is 4.80. The smallest absolute Gasteiger partial charge is 0.399 e. The lowest BCUT2D eigenvalue weighted by molar-refractivity contribution is -0.138. The van der Waals surface area contributed by atoms with E-state index >= 15 is 0 Å². The minimum Gasteiger partial charge on any atom is -0.399 e. The Balaban J connectivity index is 3.04. The van der Waals surface area contributed by atoms with Crippen LogP contribution in [0, 0.1) is 0 Å². The lowest BCUT2D eigenvalue weighted by atomic mass is 10.1. The Morgan fingerprint density at radius 1 is 1.33 bits per heavy atom. The molecule has 0 bridgehead atoms. The first-order valence-electron chi connectivity index (χ1n) is 4.48. The Morgan fingerprint density at radius 3 is 2.53 bits per heavy atom. The van der Waals surface area contributed by atoms with Gasteiger partial charge in [-0.1, -0.05) is 6.07 Å². The lowest BCUT2D eigenvalue weighted by Gasteiger charge is -2.13. The minimum absolute atomic E-state index is 0.0500. The molecule has 1 aromatic rings. The molecule has 15 heavy (non-hydrogen) atoms. The van der Waals surface area contributed by atoms with Crippen LogP contribution < -0.4 is 5.73 Å². The highest BCUT2D eigenvalue weighted by Crippen LogP contribution is 2.33. The normalized spacial score (nSPS) is 11.7. The first-order valence-corrected chi connectivity index (χ1v) is 4.48. The molecule has 0 saturated carbocycles. The number of rotatable bonds is 3. The SMILES string of the molecule is CCOCc1ccc(N)cc1C(F)(F)F. The number of nitrogens with two attached hydrogens (primary N) is 1. The Bertz CT molecular complexity index is 336. The van der Waals surface area contributed by atoms with E-state index in [0.29, 0.717) is 6.61 Å². The highest BCUT2D eigenvalue weighted by atomic mass is 19.4. The van der Waals surface area contributed by atoms with Gasteiger partial charge in [-0.15, -0.1) is 0 Å². The number of alkyl halides is 3. The number of ether oxygens (including phenoxy) is 1. The molecule has 0 saturated heterocycles. The molecule has 2 nitrogen and oxygen atoms in total. The lowest BCUT2D eigenvalue weighted by Crippen LogP contribution is -2.10. The zero-order valence-corrected chi connectivity index (χ0v) is 8.27. The number of anilines is 1. The van der Waals surface area contributed by atoms with Gasteiger partial charge in [0.1, 0.15) is 0 Å². The third kappa shape index (κ3) is 3.13. The van der Waals surface area contributed by atoms with Gasteiger partial charge >= 0.3 is 6.18 Å². The second-order valence-electron chi connectivity index (χ2n) is 3.05. The summed E-state index contributed by atoms with van der Waals surface area (Å²) in [6.45, 7) is 2.05. The number of halogens is 3. The molecule has 0 aliphatic carbocycles. The molecule has 5 heteroatoms. The van der Waals surface area contributed by atoms with Gasteiger partial charge in [0, 0.05) is 12.3 Å². The molecule has 0 fully saturated rings. The number of hydrogen-bond acceptors (Lipinski definition) is 2. The molecule has 0 unspecified atom stereocenters. The van der Waals surface area contributed by atoms with E-state index in [1.165, 1.54) is 12.1 Å². The Labute approximate surface area is 85.8 Å². The summed E-state index contributed by atoms with van der Waals surface area (Å²) in [7, 11) is 0. The first-order chi connectivity index (χ1) is 6.95.